The molecule has 0 saturated carbocycles. The number of carbonyl (C=O) groups is 1. The van der Waals surface area contributed by atoms with E-state index >= 15 is 0 Å². The van der Waals surface area contributed by atoms with Gasteiger partial charge in [-0.3, -0.25) is 4.79 Å². The fraction of sp³-hybridized carbons (Fsp3) is 0.450. The quantitative estimate of drug-likeness (QED) is 0.813. The summed E-state index contributed by atoms with van der Waals surface area (Å²) in [6, 6.07) is 9.63. The average molecular weight is 386 g/mol. The normalized spacial score (nSPS) is 20.6. The number of piperazine rings is 1. The molecule has 0 bridgehead atoms. The molecule has 2 aromatic heterocycles. The van der Waals surface area contributed by atoms with Gasteiger partial charge < -0.3 is 14.7 Å². The van der Waals surface area contributed by atoms with Gasteiger partial charge in [-0.15, -0.1) is 0 Å². The number of piperidine rings is 1. The zero-order valence-corrected chi connectivity index (χ0v) is 16.1. The van der Waals surface area contributed by atoms with Crippen LogP contribution in [0.3, 0.4) is 0 Å². The molecule has 2 aliphatic heterocycles. The molecule has 142 valence electrons. The second kappa shape index (κ2) is 8.13. The molecule has 1 amide bonds. The van der Waals surface area contributed by atoms with Crippen molar-refractivity contribution in [3.63, 3.8) is 0 Å². The van der Waals surface area contributed by atoms with Crippen LogP contribution in [0, 0.1) is 5.92 Å². The van der Waals surface area contributed by atoms with Crippen LogP contribution in [0.5, 0.6) is 0 Å². The number of halogens is 1. The Kier molecular flexibility index (Phi) is 5.43. The van der Waals surface area contributed by atoms with Crippen molar-refractivity contribution in [2.45, 2.75) is 12.8 Å². The van der Waals surface area contributed by atoms with Crippen LogP contribution < -0.4 is 9.80 Å². The van der Waals surface area contributed by atoms with E-state index in [0.29, 0.717) is 11.6 Å². The van der Waals surface area contributed by atoms with Gasteiger partial charge in [0.05, 0.1) is 10.9 Å². The van der Waals surface area contributed by atoms with Crippen LogP contribution in [-0.4, -0.2) is 60.0 Å². The van der Waals surface area contributed by atoms with E-state index in [2.05, 4.69) is 19.8 Å². The molecule has 6 nitrogen and oxygen atoms in total. The van der Waals surface area contributed by atoms with Crippen molar-refractivity contribution in [2.24, 2.45) is 5.92 Å². The van der Waals surface area contributed by atoms with Gasteiger partial charge >= 0.3 is 0 Å². The van der Waals surface area contributed by atoms with Gasteiger partial charge in [0.25, 0.3) is 0 Å². The zero-order chi connectivity index (χ0) is 18.6. The highest BCUT2D eigenvalue weighted by Gasteiger charge is 2.32. The third kappa shape index (κ3) is 4.00. The maximum Gasteiger partial charge on any atom is 0.227 e. The smallest absolute Gasteiger partial charge is 0.227 e. The predicted molar refractivity (Wildman–Crippen MR) is 107 cm³/mol. The fourth-order valence-corrected chi connectivity index (χ4v) is 4.18. The van der Waals surface area contributed by atoms with Gasteiger partial charge in [0.2, 0.25) is 5.91 Å². The highest BCUT2D eigenvalue weighted by Crippen LogP contribution is 2.28. The number of amides is 1. The Morgan fingerprint density at radius 2 is 1.78 bits per heavy atom. The SMILES string of the molecule is O=C(C1CCCN(c2ncccc2Cl)C1)N1CCN(c2ccccn2)CC1. The van der Waals surface area contributed by atoms with E-state index in [4.69, 9.17) is 11.6 Å². The van der Waals surface area contributed by atoms with Crippen molar-refractivity contribution in [3.8, 4) is 0 Å². The second-order valence-corrected chi connectivity index (χ2v) is 7.50. The summed E-state index contributed by atoms with van der Waals surface area (Å²) in [7, 11) is 0. The highest BCUT2D eigenvalue weighted by molar-refractivity contribution is 6.32. The number of hydrogen-bond acceptors (Lipinski definition) is 5. The molecule has 2 aliphatic rings. The summed E-state index contributed by atoms with van der Waals surface area (Å²) in [4.78, 5) is 28.3. The number of carbonyl (C=O) groups excluding carboxylic acids is 1. The minimum absolute atomic E-state index is 0.0122. The standard InChI is InChI=1S/C20H24ClN5O/c21-17-6-3-9-23-19(17)26-10-4-5-16(15-26)20(27)25-13-11-24(12-14-25)18-7-1-2-8-22-18/h1-3,6-9,16H,4-5,10-15H2. The van der Waals surface area contributed by atoms with Gasteiger partial charge in [0, 0.05) is 51.7 Å². The Labute approximate surface area is 164 Å². The van der Waals surface area contributed by atoms with Crippen molar-refractivity contribution >= 4 is 29.1 Å². The average Bonchev–Trinajstić information content (AvgIpc) is 2.74. The van der Waals surface area contributed by atoms with Gasteiger partial charge in [0.1, 0.15) is 11.6 Å². The summed E-state index contributed by atoms with van der Waals surface area (Å²) in [6.45, 7) is 4.73. The van der Waals surface area contributed by atoms with E-state index in [1.807, 2.05) is 41.4 Å². The molecule has 0 radical (unpaired) electrons. The molecule has 0 aromatic carbocycles. The van der Waals surface area contributed by atoms with E-state index in [0.717, 1.165) is 57.2 Å². The Bertz CT molecular complexity index is 779. The Hall–Kier alpha value is -2.34. The number of pyridine rings is 2. The van der Waals surface area contributed by atoms with Crippen molar-refractivity contribution in [1.29, 1.82) is 0 Å². The Morgan fingerprint density at radius 3 is 2.52 bits per heavy atom. The lowest BCUT2D eigenvalue weighted by Gasteiger charge is -2.39. The van der Waals surface area contributed by atoms with Crippen LogP contribution in [0.4, 0.5) is 11.6 Å². The van der Waals surface area contributed by atoms with E-state index in [9.17, 15) is 4.79 Å². The molecule has 1 unspecified atom stereocenters. The molecule has 0 aliphatic carbocycles. The first-order valence-electron chi connectivity index (χ1n) is 9.52. The summed E-state index contributed by atoms with van der Waals surface area (Å²) in [5.41, 5.74) is 0. The van der Waals surface area contributed by atoms with Gasteiger partial charge in [-0.2, -0.15) is 0 Å². The molecular weight excluding hydrogens is 362 g/mol. The first kappa shape index (κ1) is 18.0. The maximum absolute atomic E-state index is 13.1. The molecule has 7 heteroatoms. The lowest BCUT2D eigenvalue weighted by Crippen LogP contribution is -2.52. The fourth-order valence-electron chi connectivity index (χ4n) is 3.94. The lowest BCUT2D eigenvalue weighted by atomic mass is 9.96. The third-order valence-corrected chi connectivity index (χ3v) is 5.67. The van der Waals surface area contributed by atoms with E-state index < -0.39 is 0 Å². The monoisotopic (exact) mass is 385 g/mol. The summed E-state index contributed by atoms with van der Waals surface area (Å²) >= 11 is 6.30. The van der Waals surface area contributed by atoms with Crippen molar-refractivity contribution in [2.75, 3.05) is 49.1 Å². The van der Waals surface area contributed by atoms with Crippen LogP contribution >= 0.6 is 11.6 Å². The molecule has 0 N–H and O–H groups in total. The van der Waals surface area contributed by atoms with Crippen LogP contribution in [0.25, 0.3) is 0 Å². The van der Waals surface area contributed by atoms with E-state index in [-0.39, 0.29) is 11.8 Å². The maximum atomic E-state index is 13.1. The summed E-state index contributed by atoms with van der Waals surface area (Å²) in [5.74, 6) is 2.04. The number of nitrogens with zero attached hydrogens (tertiary/aromatic N) is 5. The molecule has 4 rings (SSSR count). The number of anilines is 2. The van der Waals surface area contributed by atoms with E-state index in [1.165, 1.54) is 0 Å². The Balaban J connectivity index is 1.36. The molecule has 2 fully saturated rings. The minimum atomic E-state index is 0.0122. The molecule has 2 saturated heterocycles. The van der Waals surface area contributed by atoms with Gasteiger partial charge in [-0.05, 0) is 37.1 Å². The summed E-state index contributed by atoms with van der Waals surface area (Å²) in [5, 5.41) is 0.648. The van der Waals surface area contributed by atoms with Crippen molar-refractivity contribution in [1.82, 2.24) is 14.9 Å². The van der Waals surface area contributed by atoms with Crippen LogP contribution in [0.15, 0.2) is 42.7 Å². The summed E-state index contributed by atoms with van der Waals surface area (Å²) in [6.07, 6.45) is 5.48. The molecule has 27 heavy (non-hydrogen) atoms. The largest absolute Gasteiger partial charge is 0.355 e. The molecule has 2 aromatic rings. The van der Waals surface area contributed by atoms with E-state index in [1.54, 1.807) is 6.20 Å². The number of aromatic nitrogens is 2. The van der Waals surface area contributed by atoms with Crippen LogP contribution in [-0.2, 0) is 4.79 Å². The van der Waals surface area contributed by atoms with Gasteiger partial charge in [-0.1, -0.05) is 17.7 Å². The third-order valence-electron chi connectivity index (χ3n) is 5.37. The van der Waals surface area contributed by atoms with Gasteiger partial charge in [-0.25, -0.2) is 9.97 Å². The number of rotatable bonds is 3. The zero-order valence-electron chi connectivity index (χ0n) is 15.3. The highest BCUT2D eigenvalue weighted by atomic mass is 35.5. The first-order chi connectivity index (χ1) is 13.2. The molecular formula is C20H24ClN5O. The Morgan fingerprint density at radius 1 is 0.963 bits per heavy atom. The lowest BCUT2D eigenvalue weighted by molar-refractivity contribution is -0.136. The first-order valence-corrected chi connectivity index (χ1v) is 9.90. The van der Waals surface area contributed by atoms with Crippen molar-refractivity contribution in [3.05, 3.63) is 47.7 Å². The summed E-state index contributed by atoms with van der Waals surface area (Å²) < 4.78 is 0. The second-order valence-electron chi connectivity index (χ2n) is 7.09. The molecule has 1 atom stereocenters. The predicted octanol–water partition coefficient (Wildman–Crippen LogP) is 2.70. The van der Waals surface area contributed by atoms with Crippen LogP contribution in [0.2, 0.25) is 5.02 Å². The minimum Gasteiger partial charge on any atom is -0.355 e. The van der Waals surface area contributed by atoms with Gasteiger partial charge in [0.15, 0.2) is 0 Å². The topological polar surface area (TPSA) is 52.6 Å². The van der Waals surface area contributed by atoms with Crippen LogP contribution in [0.1, 0.15) is 12.8 Å². The molecule has 4 heterocycles. The molecule has 0 spiro atoms. The number of hydrogen-bond donors (Lipinski definition) is 0. The van der Waals surface area contributed by atoms with Crippen molar-refractivity contribution < 1.29 is 4.79 Å².